The fourth-order valence-corrected chi connectivity index (χ4v) is 1.50. The second-order valence-electron chi connectivity index (χ2n) is 4.41. The van der Waals surface area contributed by atoms with Gasteiger partial charge >= 0.3 is 0 Å². The lowest BCUT2D eigenvalue weighted by Crippen LogP contribution is -2.19. The maximum Gasteiger partial charge on any atom is 0.0547 e. The van der Waals surface area contributed by atoms with Gasteiger partial charge in [-0.05, 0) is 45.6 Å². The molecular formula is C12H25NO. The van der Waals surface area contributed by atoms with Crippen molar-refractivity contribution in [3.8, 4) is 0 Å². The normalized spacial score (nSPS) is 18.4. The Hall–Kier alpha value is -0.0800. The molecule has 2 heteroatoms. The summed E-state index contributed by atoms with van der Waals surface area (Å²) in [5.74, 6) is 0. The molecule has 1 rings (SSSR count). The summed E-state index contributed by atoms with van der Waals surface area (Å²) >= 11 is 0. The van der Waals surface area contributed by atoms with E-state index in [1.54, 1.807) is 0 Å². The Balaban J connectivity index is 1.78. The summed E-state index contributed by atoms with van der Waals surface area (Å²) in [6, 6.07) is 0.853. The average Bonchev–Trinajstić information content (AvgIpc) is 2.97. The summed E-state index contributed by atoms with van der Waals surface area (Å²) in [4.78, 5) is 0. The predicted octanol–water partition coefficient (Wildman–Crippen LogP) is 2.72. The SMILES string of the molecule is CCCCOC(C)CCCNC1CC1. The van der Waals surface area contributed by atoms with Gasteiger partial charge < -0.3 is 10.1 Å². The highest BCUT2D eigenvalue weighted by Crippen LogP contribution is 2.18. The third-order valence-corrected chi connectivity index (χ3v) is 2.70. The van der Waals surface area contributed by atoms with Crippen LogP contribution in [0.2, 0.25) is 0 Å². The van der Waals surface area contributed by atoms with Crippen LogP contribution in [0.15, 0.2) is 0 Å². The molecular weight excluding hydrogens is 174 g/mol. The number of nitrogens with one attached hydrogen (secondary N) is 1. The minimum Gasteiger partial charge on any atom is -0.379 e. The highest BCUT2D eigenvalue weighted by molar-refractivity contribution is 4.80. The molecule has 0 aliphatic heterocycles. The summed E-state index contributed by atoms with van der Waals surface area (Å²) in [7, 11) is 0. The maximum absolute atomic E-state index is 5.68. The van der Waals surface area contributed by atoms with Gasteiger partial charge in [0.2, 0.25) is 0 Å². The third-order valence-electron chi connectivity index (χ3n) is 2.70. The van der Waals surface area contributed by atoms with E-state index in [0.29, 0.717) is 6.10 Å². The van der Waals surface area contributed by atoms with E-state index in [1.165, 1.54) is 45.1 Å². The van der Waals surface area contributed by atoms with E-state index < -0.39 is 0 Å². The van der Waals surface area contributed by atoms with Crippen LogP contribution in [0, 0.1) is 0 Å². The van der Waals surface area contributed by atoms with Crippen molar-refractivity contribution in [3.05, 3.63) is 0 Å². The first-order chi connectivity index (χ1) is 6.83. The van der Waals surface area contributed by atoms with Crippen LogP contribution >= 0.6 is 0 Å². The fraction of sp³-hybridized carbons (Fsp3) is 1.00. The smallest absolute Gasteiger partial charge is 0.0547 e. The van der Waals surface area contributed by atoms with Gasteiger partial charge in [0, 0.05) is 12.6 Å². The molecule has 0 radical (unpaired) electrons. The highest BCUT2D eigenvalue weighted by Gasteiger charge is 2.19. The molecule has 84 valence electrons. The largest absolute Gasteiger partial charge is 0.379 e. The maximum atomic E-state index is 5.68. The number of ether oxygens (including phenoxy) is 1. The van der Waals surface area contributed by atoms with Crippen molar-refractivity contribution < 1.29 is 4.74 Å². The lowest BCUT2D eigenvalue weighted by Gasteiger charge is -2.12. The molecule has 1 saturated carbocycles. The molecule has 0 spiro atoms. The van der Waals surface area contributed by atoms with Crippen molar-refractivity contribution in [2.45, 2.75) is 64.5 Å². The Labute approximate surface area is 88.4 Å². The van der Waals surface area contributed by atoms with Gasteiger partial charge in [-0.2, -0.15) is 0 Å². The van der Waals surface area contributed by atoms with Crippen LogP contribution in [0.3, 0.4) is 0 Å². The fourth-order valence-electron chi connectivity index (χ4n) is 1.50. The van der Waals surface area contributed by atoms with E-state index in [-0.39, 0.29) is 0 Å². The van der Waals surface area contributed by atoms with Gasteiger partial charge in [-0.1, -0.05) is 13.3 Å². The van der Waals surface area contributed by atoms with Crippen LogP contribution in [0.4, 0.5) is 0 Å². The Morgan fingerprint density at radius 3 is 2.79 bits per heavy atom. The van der Waals surface area contributed by atoms with Crippen molar-refractivity contribution in [2.24, 2.45) is 0 Å². The Morgan fingerprint density at radius 1 is 1.36 bits per heavy atom. The van der Waals surface area contributed by atoms with Crippen LogP contribution in [0.1, 0.15) is 52.4 Å². The summed E-state index contributed by atoms with van der Waals surface area (Å²) in [5.41, 5.74) is 0. The lowest BCUT2D eigenvalue weighted by molar-refractivity contribution is 0.0570. The average molecular weight is 199 g/mol. The predicted molar refractivity (Wildman–Crippen MR) is 60.6 cm³/mol. The minimum absolute atomic E-state index is 0.447. The second-order valence-corrected chi connectivity index (χ2v) is 4.41. The molecule has 2 nitrogen and oxygen atoms in total. The van der Waals surface area contributed by atoms with E-state index in [9.17, 15) is 0 Å². The first-order valence-electron chi connectivity index (χ1n) is 6.18. The molecule has 0 amide bonds. The first kappa shape index (κ1) is 12.0. The molecule has 0 aromatic rings. The molecule has 1 N–H and O–H groups in total. The molecule has 1 aliphatic rings. The summed E-state index contributed by atoms with van der Waals surface area (Å²) in [5, 5.41) is 3.52. The number of hydrogen-bond acceptors (Lipinski definition) is 2. The summed E-state index contributed by atoms with van der Waals surface area (Å²) < 4.78 is 5.68. The molecule has 1 atom stereocenters. The number of unbranched alkanes of at least 4 members (excludes halogenated alkanes) is 1. The van der Waals surface area contributed by atoms with Crippen molar-refractivity contribution in [3.63, 3.8) is 0 Å². The molecule has 1 fully saturated rings. The van der Waals surface area contributed by atoms with E-state index in [2.05, 4.69) is 19.2 Å². The van der Waals surface area contributed by atoms with Gasteiger partial charge in [-0.25, -0.2) is 0 Å². The van der Waals surface area contributed by atoms with E-state index >= 15 is 0 Å². The van der Waals surface area contributed by atoms with Gasteiger partial charge in [0.05, 0.1) is 6.10 Å². The van der Waals surface area contributed by atoms with Crippen molar-refractivity contribution in [1.29, 1.82) is 0 Å². The second kappa shape index (κ2) is 7.24. The van der Waals surface area contributed by atoms with Crippen LogP contribution in [0.5, 0.6) is 0 Å². The van der Waals surface area contributed by atoms with Crippen molar-refractivity contribution >= 4 is 0 Å². The quantitative estimate of drug-likeness (QED) is 0.576. The Kier molecular flexibility index (Phi) is 6.20. The zero-order valence-corrected chi connectivity index (χ0v) is 9.72. The molecule has 0 bridgehead atoms. The molecule has 0 saturated heterocycles. The van der Waals surface area contributed by atoms with Gasteiger partial charge in [0.25, 0.3) is 0 Å². The standard InChI is InChI=1S/C12H25NO/c1-3-4-10-14-11(2)6-5-9-13-12-7-8-12/h11-13H,3-10H2,1-2H3. The third kappa shape index (κ3) is 6.39. The van der Waals surface area contributed by atoms with E-state index in [0.717, 1.165) is 12.6 Å². The van der Waals surface area contributed by atoms with Gasteiger partial charge in [0.1, 0.15) is 0 Å². The monoisotopic (exact) mass is 199 g/mol. The van der Waals surface area contributed by atoms with Gasteiger partial charge in [-0.15, -0.1) is 0 Å². The topological polar surface area (TPSA) is 21.3 Å². The molecule has 14 heavy (non-hydrogen) atoms. The zero-order valence-electron chi connectivity index (χ0n) is 9.72. The summed E-state index contributed by atoms with van der Waals surface area (Å²) in [6.07, 6.45) is 8.11. The zero-order chi connectivity index (χ0) is 10.2. The molecule has 1 unspecified atom stereocenters. The lowest BCUT2D eigenvalue weighted by atomic mass is 10.2. The molecule has 0 heterocycles. The van der Waals surface area contributed by atoms with E-state index in [4.69, 9.17) is 4.74 Å². The van der Waals surface area contributed by atoms with E-state index in [1.807, 2.05) is 0 Å². The first-order valence-corrected chi connectivity index (χ1v) is 6.18. The Morgan fingerprint density at radius 2 is 2.14 bits per heavy atom. The Bertz CT molecular complexity index is 134. The van der Waals surface area contributed by atoms with Crippen LogP contribution in [-0.4, -0.2) is 25.3 Å². The molecule has 0 aromatic carbocycles. The number of hydrogen-bond donors (Lipinski definition) is 1. The minimum atomic E-state index is 0.447. The van der Waals surface area contributed by atoms with Crippen LogP contribution in [0.25, 0.3) is 0 Å². The molecule has 0 aromatic heterocycles. The molecule has 1 aliphatic carbocycles. The van der Waals surface area contributed by atoms with Crippen LogP contribution in [-0.2, 0) is 4.74 Å². The highest BCUT2D eigenvalue weighted by atomic mass is 16.5. The number of rotatable bonds is 9. The summed E-state index contributed by atoms with van der Waals surface area (Å²) in [6.45, 7) is 6.50. The van der Waals surface area contributed by atoms with Crippen molar-refractivity contribution in [2.75, 3.05) is 13.2 Å². The van der Waals surface area contributed by atoms with Gasteiger partial charge in [0.15, 0.2) is 0 Å². The van der Waals surface area contributed by atoms with Crippen molar-refractivity contribution in [1.82, 2.24) is 5.32 Å². The van der Waals surface area contributed by atoms with Crippen LogP contribution < -0.4 is 5.32 Å². The van der Waals surface area contributed by atoms with Gasteiger partial charge in [-0.3, -0.25) is 0 Å².